The molecule has 1 atom stereocenters. The summed E-state index contributed by atoms with van der Waals surface area (Å²) in [6.07, 6.45) is 6.56. The minimum absolute atomic E-state index is 0.786. The van der Waals surface area contributed by atoms with Crippen molar-refractivity contribution < 1.29 is 0 Å². The summed E-state index contributed by atoms with van der Waals surface area (Å²) in [6, 6.07) is 21.2. The Morgan fingerprint density at radius 3 is 2.83 bits per heavy atom. The van der Waals surface area contributed by atoms with E-state index in [1.807, 2.05) is 22.9 Å². The zero-order chi connectivity index (χ0) is 23.4. The van der Waals surface area contributed by atoms with E-state index < -0.39 is 0 Å². The number of rotatable bonds is 6. The molecule has 6 nitrogen and oxygen atoms in total. The molecule has 2 N–H and O–H groups in total. The highest BCUT2D eigenvalue weighted by Crippen LogP contribution is 2.35. The second-order valence-corrected chi connectivity index (χ2v) is 9.90. The van der Waals surface area contributed by atoms with Gasteiger partial charge in [-0.1, -0.05) is 42.5 Å². The Morgan fingerprint density at radius 1 is 1.00 bits per heavy atom. The smallest absolute Gasteiger partial charge is 0.159 e. The molecule has 0 spiro atoms. The molecule has 0 bridgehead atoms. The monoisotopic (exact) mass is 476 g/mol. The van der Waals surface area contributed by atoms with Gasteiger partial charge in [-0.25, -0.2) is 9.44 Å². The van der Waals surface area contributed by atoms with Crippen LogP contribution in [-0.4, -0.2) is 31.0 Å². The summed E-state index contributed by atoms with van der Waals surface area (Å²) in [5.41, 5.74) is 7.36. The van der Waals surface area contributed by atoms with Crippen LogP contribution in [0.4, 0.5) is 0 Å². The molecule has 1 saturated carbocycles. The maximum atomic E-state index is 5.02. The number of hydrogen-bond donors (Lipinski definition) is 2. The summed E-state index contributed by atoms with van der Waals surface area (Å²) >= 11 is 0. The summed E-state index contributed by atoms with van der Waals surface area (Å²) < 4.78 is 1.85. The first-order chi connectivity index (χ1) is 17.2. The predicted molar refractivity (Wildman–Crippen MR) is 145 cm³/mol. The van der Waals surface area contributed by atoms with E-state index in [1.165, 1.54) is 23.8 Å². The molecule has 1 fully saturated rings. The van der Waals surface area contributed by atoms with Crippen LogP contribution in [0, 0.1) is 5.92 Å². The van der Waals surface area contributed by atoms with Crippen LogP contribution in [0.2, 0.25) is 0 Å². The number of nitrogens with zero attached hydrogens (tertiary/aromatic N) is 4. The number of imidazole rings is 1. The highest BCUT2D eigenvalue weighted by molar-refractivity contribution is 7.14. The van der Waals surface area contributed by atoms with E-state index in [0.29, 0.717) is 0 Å². The van der Waals surface area contributed by atoms with Gasteiger partial charge in [0.25, 0.3) is 0 Å². The number of benzene rings is 3. The highest BCUT2D eigenvalue weighted by atomic mass is 31.0. The van der Waals surface area contributed by atoms with Gasteiger partial charge >= 0.3 is 0 Å². The molecule has 0 radical (unpaired) electrons. The molecular formula is C28H25N6P. The lowest BCUT2D eigenvalue weighted by atomic mass is 9.99. The number of hydrogen-bond acceptors (Lipinski definition) is 4. The van der Waals surface area contributed by atoms with Crippen molar-refractivity contribution in [2.24, 2.45) is 5.92 Å². The molecule has 35 heavy (non-hydrogen) atoms. The molecule has 1 aliphatic rings. The molecule has 7 rings (SSSR count). The Hall–Kier alpha value is -3.60. The van der Waals surface area contributed by atoms with E-state index >= 15 is 0 Å². The minimum atomic E-state index is 0.786. The topological polar surface area (TPSA) is 71.4 Å². The van der Waals surface area contributed by atoms with Crippen LogP contribution in [0.3, 0.4) is 0 Å². The van der Waals surface area contributed by atoms with Crippen molar-refractivity contribution in [1.82, 2.24) is 29.8 Å². The number of aromatic nitrogens is 5. The zero-order valence-electron chi connectivity index (χ0n) is 19.2. The quantitative estimate of drug-likeness (QED) is 0.292. The van der Waals surface area contributed by atoms with E-state index in [9.17, 15) is 0 Å². The fraction of sp³-hybridized carbons (Fsp3) is 0.179. The van der Waals surface area contributed by atoms with Gasteiger partial charge in [0.1, 0.15) is 5.69 Å². The fourth-order valence-electron chi connectivity index (χ4n) is 4.91. The lowest BCUT2D eigenvalue weighted by molar-refractivity contribution is 0.640. The normalized spacial score (nSPS) is 13.9. The second kappa shape index (κ2) is 8.26. The van der Waals surface area contributed by atoms with Crippen molar-refractivity contribution in [3.05, 3.63) is 78.6 Å². The number of pyridine rings is 1. The van der Waals surface area contributed by atoms with E-state index in [4.69, 9.17) is 10.1 Å². The summed E-state index contributed by atoms with van der Waals surface area (Å²) in [6.45, 7) is 1.91. The molecule has 3 aromatic heterocycles. The Balaban J connectivity index is 1.33. The summed E-state index contributed by atoms with van der Waals surface area (Å²) in [7, 11) is 2.70. The first-order valence-corrected chi connectivity index (χ1v) is 12.6. The van der Waals surface area contributed by atoms with Gasteiger partial charge in [-0.2, -0.15) is 5.10 Å². The molecule has 0 amide bonds. The van der Waals surface area contributed by atoms with Gasteiger partial charge in [0.2, 0.25) is 0 Å². The molecule has 6 aromatic rings. The average Bonchev–Trinajstić information content (AvgIpc) is 3.51. The van der Waals surface area contributed by atoms with Crippen LogP contribution >= 0.6 is 9.39 Å². The summed E-state index contributed by atoms with van der Waals surface area (Å²) in [5, 5.41) is 11.8. The number of fused-ring (bicyclic) bond motifs is 3. The highest BCUT2D eigenvalue weighted by Gasteiger charge is 2.21. The average molecular weight is 477 g/mol. The Labute approximate surface area is 205 Å². The second-order valence-electron chi connectivity index (χ2n) is 9.41. The van der Waals surface area contributed by atoms with E-state index in [2.05, 4.69) is 79.3 Å². The zero-order valence-corrected chi connectivity index (χ0v) is 20.4. The van der Waals surface area contributed by atoms with Crippen molar-refractivity contribution >= 4 is 42.1 Å². The maximum Gasteiger partial charge on any atom is 0.159 e. The number of aromatic amines is 1. The molecule has 0 saturated heterocycles. The molecule has 1 unspecified atom stereocenters. The van der Waals surface area contributed by atoms with Gasteiger partial charge < -0.3 is 10.3 Å². The largest absolute Gasteiger partial charge is 0.337 e. The number of para-hydroxylation sites is 1. The van der Waals surface area contributed by atoms with Gasteiger partial charge in [-0.05, 0) is 69.4 Å². The SMILES string of the molecule is Pn1nc(-c2nc3c(CNCC4CC4)cccc3[nH]2)c2cc(-c3cncc4ccccc34)ccc21. The van der Waals surface area contributed by atoms with E-state index in [1.54, 1.807) is 0 Å². The van der Waals surface area contributed by atoms with Crippen molar-refractivity contribution in [3.8, 4) is 22.6 Å². The van der Waals surface area contributed by atoms with Crippen LogP contribution in [0.1, 0.15) is 18.4 Å². The summed E-state index contributed by atoms with van der Waals surface area (Å²) in [5.74, 6) is 1.64. The fourth-order valence-corrected chi connectivity index (χ4v) is 5.25. The molecule has 0 aliphatic heterocycles. The maximum absolute atomic E-state index is 5.02. The summed E-state index contributed by atoms with van der Waals surface area (Å²) in [4.78, 5) is 13.0. The van der Waals surface area contributed by atoms with Crippen LogP contribution in [0.15, 0.2) is 73.1 Å². The number of nitrogens with one attached hydrogen (secondary N) is 2. The van der Waals surface area contributed by atoms with Crippen LogP contribution in [0.25, 0.3) is 55.4 Å². The Morgan fingerprint density at radius 2 is 1.91 bits per heavy atom. The third-order valence-corrected chi connectivity index (χ3v) is 7.35. The van der Waals surface area contributed by atoms with E-state index in [-0.39, 0.29) is 0 Å². The van der Waals surface area contributed by atoms with Crippen LogP contribution in [0.5, 0.6) is 0 Å². The Bertz CT molecular complexity index is 1710. The Kier molecular flexibility index (Phi) is 4.90. The first-order valence-electron chi connectivity index (χ1n) is 12.0. The molecule has 7 heteroatoms. The van der Waals surface area contributed by atoms with Gasteiger partial charge in [-0.15, -0.1) is 0 Å². The molecule has 1 aliphatic carbocycles. The third-order valence-electron chi connectivity index (χ3n) is 6.95. The van der Waals surface area contributed by atoms with Crippen LogP contribution in [-0.2, 0) is 6.54 Å². The van der Waals surface area contributed by atoms with Gasteiger partial charge in [0.15, 0.2) is 5.82 Å². The van der Waals surface area contributed by atoms with E-state index in [0.717, 1.165) is 69.0 Å². The third kappa shape index (κ3) is 3.70. The van der Waals surface area contributed by atoms with Crippen molar-refractivity contribution in [1.29, 1.82) is 0 Å². The van der Waals surface area contributed by atoms with Crippen molar-refractivity contribution in [2.75, 3.05) is 6.54 Å². The standard InChI is InChI=1S/C28H25N6P/c35-34-25-11-10-18(23-16-30-14-19-4-1-2-6-21(19)23)12-22(25)27(33-34)28-31-24-7-3-5-20(26(24)32-28)15-29-13-17-8-9-17/h1-7,10-12,14,16-17,29H,8-9,13,15,35H2,(H,31,32). The van der Waals surface area contributed by atoms with Gasteiger partial charge in [-0.3, -0.25) is 4.98 Å². The van der Waals surface area contributed by atoms with Crippen LogP contribution < -0.4 is 5.32 Å². The predicted octanol–water partition coefficient (Wildman–Crippen LogP) is 5.93. The first kappa shape index (κ1) is 20.7. The molecule has 3 aromatic carbocycles. The van der Waals surface area contributed by atoms with Gasteiger partial charge in [0.05, 0.1) is 16.6 Å². The lowest BCUT2D eigenvalue weighted by Gasteiger charge is -2.07. The van der Waals surface area contributed by atoms with Gasteiger partial charge in [0, 0.05) is 35.3 Å². The van der Waals surface area contributed by atoms with Crippen molar-refractivity contribution in [2.45, 2.75) is 19.4 Å². The molecule has 3 heterocycles. The molecule has 172 valence electrons. The number of H-pyrrole nitrogens is 1. The molecular weight excluding hydrogens is 451 g/mol. The lowest BCUT2D eigenvalue weighted by Crippen LogP contribution is -2.16. The minimum Gasteiger partial charge on any atom is -0.337 e. The van der Waals surface area contributed by atoms with Crippen molar-refractivity contribution in [3.63, 3.8) is 0 Å².